The molecule has 0 spiro atoms. The van der Waals surface area contributed by atoms with E-state index >= 15 is 0 Å². The number of ketones is 1. The first-order valence-corrected chi connectivity index (χ1v) is 6.12. The van der Waals surface area contributed by atoms with Crippen LogP contribution in [0.25, 0.3) is 0 Å². The zero-order chi connectivity index (χ0) is 14.5. The molecule has 0 aliphatic heterocycles. The summed E-state index contributed by atoms with van der Waals surface area (Å²) in [5.41, 5.74) is 0.554. The average Bonchev–Trinajstić information content (AvgIpc) is 2.42. The first-order valence-electron chi connectivity index (χ1n) is 5.74. The van der Waals surface area contributed by atoms with E-state index in [9.17, 15) is 13.6 Å². The Kier molecular flexibility index (Phi) is 4.48. The second-order valence-corrected chi connectivity index (χ2v) is 4.41. The van der Waals surface area contributed by atoms with Gasteiger partial charge < -0.3 is 5.32 Å². The summed E-state index contributed by atoms with van der Waals surface area (Å²) in [5, 5.41) is 2.93. The number of hydrogen-bond acceptors (Lipinski definition) is 2. The highest BCUT2D eigenvalue weighted by Crippen LogP contribution is 2.18. The molecule has 0 aliphatic carbocycles. The Morgan fingerprint density at radius 2 is 1.80 bits per heavy atom. The third-order valence-electron chi connectivity index (χ3n) is 2.53. The summed E-state index contributed by atoms with van der Waals surface area (Å²) in [4.78, 5) is 11.7. The van der Waals surface area contributed by atoms with Gasteiger partial charge in [-0.2, -0.15) is 0 Å². The van der Waals surface area contributed by atoms with Gasteiger partial charge in [-0.05, 0) is 42.5 Å². The summed E-state index contributed by atoms with van der Waals surface area (Å²) in [6.07, 6.45) is 2.55. The van der Waals surface area contributed by atoms with Crippen molar-refractivity contribution in [1.82, 2.24) is 0 Å². The molecule has 2 aromatic carbocycles. The lowest BCUT2D eigenvalue weighted by Crippen LogP contribution is -1.97. The summed E-state index contributed by atoms with van der Waals surface area (Å²) in [6.45, 7) is 0. The van der Waals surface area contributed by atoms with E-state index in [0.717, 1.165) is 0 Å². The van der Waals surface area contributed by atoms with Crippen LogP contribution in [0.5, 0.6) is 0 Å². The molecular weight excluding hydrogens is 284 g/mol. The fourth-order valence-corrected chi connectivity index (χ4v) is 1.68. The first kappa shape index (κ1) is 14.2. The number of carbonyl (C=O) groups is 1. The van der Waals surface area contributed by atoms with Crippen LogP contribution in [0.3, 0.4) is 0 Å². The van der Waals surface area contributed by atoms with Gasteiger partial charge in [0.1, 0.15) is 11.6 Å². The summed E-state index contributed by atoms with van der Waals surface area (Å²) in [5.74, 6) is -1.24. The molecule has 20 heavy (non-hydrogen) atoms. The molecule has 1 N–H and O–H groups in total. The number of benzene rings is 2. The second kappa shape index (κ2) is 6.30. The summed E-state index contributed by atoms with van der Waals surface area (Å²) < 4.78 is 26.1. The lowest BCUT2D eigenvalue weighted by Gasteiger charge is -2.02. The van der Waals surface area contributed by atoms with E-state index in [-0.39, 0.29) is 11.5 Å². The molecule has 2 nitrogen and oxygen atoms in total. The third kappa shape index (κ3) is 3.65. The molecule has 0 unspecified atom stereocenters. The van der Waals surface area contributed by atoms with Crippen molar-refractivity contribution in [3.05, 3.63) is 77.0 Å². The standard InChI is InChI=1S/C15H10ClF2NO/c16-11-3-6-14(13(18)9-11)19-8-7-15(20)10-1-4-12(17)5-2-10/h1-9,19H/b8-7+. The Labute approximate surface area is 119 Å². The maximum Gasteiger partial charge on any atom is 0.187 e. The van der Waals surface area contributed by atoms with Crippen LogP contribution in [0.1, 0.15) is 10.4 Å². The molecule has 0 bridgehead atoms. The van der Waals surface area contributed by atoms with E-state index in [4.69, 9.17) is 11.6 Å². The van der Waals surface area contributed by atoms with Crippen molar-refractivity contribution in [2.75, 3.05) is 5.32 Å². The maximum absolute atomic E-state index is 13.4. The quantitative estimate of drug-likeness (QED) is 0.667. The van der Waals surface area contributed by atoms with Crippen LogP contribution in [-0.4, -0.2) is 5.78 Å². The van der Waals surface area contributed by atoms with Crippen molar-refractivity contribution < 1.29 is 13.6 Å². The van der Waals surface area contributed by atoms with E-state index in [1.165, 1.54) is 54.7 Å². The van der Waals surface area contributed by atoms with Gasteiger partial charge in [0.2, 0.25) is 0 Å². The highest BCUT2D eigenvalue weighted by Gasteiger charge is 2.03. The predicted molar refractivity (Wildman–Crippen MR) is 74.9 cm³/mol. The fourth-order valence-electron chi connectivity index (χ4n) is 1.52. The molecule has 0 heterocycles. The van der Waals surface area contributed by atoms with Gasteiger partial charge in [0, 0.05) is 22.9 Å². The van der Waals surface area contributed by atoms with Crippen LogP contribution in [-0.2, 0) is 0 Å². The number of allylic oxidation sites excluding steroid dienone is 1. The minimum atomic E-state index is -0.517. The van der Waals surface area contributed by atoms with E-state index in [2.05, 4.69) is 5.32 Å². The number of rotatable bonds is 4. The molecule has 5 heteroatoms. The van der Waals surface area contributed by atoms with Gasteiger partial charge in [0.15, 0.2) is 5.78 Å². The lowest BCUT2D eigenvalue weighted by molar-refractivity contribution is 0.104. The first-order chi connectivity index (χ1) is 9.56. The molecule has 2 aromatic rings. The summed E-state index contributed by atoms with van der Waals surface area (Å²) in [6, 6.07) is 9.32. The zero-order valence-corrected chi connectivity index (χ0v) is 11.0. The van der Waals surface area contributed by atoms with Gasteiger partial charge >= 0.3 is 0 Å². The Morgan fingerprint density at radius 3 is 2.45 bits per heavy atom. The van der Waals surface area contributed by atoms with Crippen molar-refractivity contribution in [2.45, 2.75) is 0 Å². The van der Waals surface area contributed by atoms with Crippen molar-refractivity contribution in [1.29, 1.82) is 0 Å². The molecule has 0 amide bonds. The number of halogens is 3. The van der Waals surface area contributed by atoms with Crippen LogP contribution >= 0.6 is 11.6 Å². The van der Waals surface area contributed by atoms with Crippen molar-refractivity contribution in [3.8, 4) is 0 Å². The zero-order valence-electron chi connectivity index (χ0n) is 10.2. The largest absolute Gasteiger partial charge is 0.359 e. The average molecular weight is 294 g/mol. The fraction of sp³-hybridized carbons (Fsp3) is 0. The van der Waals surface area contributed by atoms with Crippen molar-refractivity contribution in [2.24, 2.45) is 0 Å². The Bertz CT molecular complexity index is 653. The van der Waals surface area contributed by atoms with Crippen LogP contribution in [0, 0.1) is 11.6 Å². The Hall–Kier alpha value is -2.20. The second-order valence-electron chi connectivity index (χ2n) is 3.97. The molecule has 0 aromatic heterocycles. The summed E-state index contributed by atoms with van der Waals surface area (Å²) in [7, 11) is 0. The van der Waals surface area contributed by atoms with Gasteiger partial charge in [-0.15, -0.1) is 0 Å². The lowest BCUT2D eigenvalue weighted by atomic mass is 10.1. The Morgan fingerprint density at radius 1 is 1.10 bits per heavy atom. The van der Waals surface area contributed by atoms with Crippen molar-refractivity contribution in [3.63, 3.8) is 0 Å². The SMILES string of the molecule is O=C(/C=C/Nc1ccc(Cl)cc1F)c1ccc(F)cc1. The van der Waals surface area contributed by atoms with Crippen LogP contribution in [0.2, 0.25) is 5.02 Å². The number of hydrogen-bond donors (Lipinski definition) is 1. The van der Waals surface area contributed by atoms with Gasteiger partial charge in [-0.1, -0.05) is 11.6 Å². The van der Waals surface area contributed by atoms with Crippen LogP contribution in [0.4, 0.5) is 14.5 Å². The van der Waals surface area contributed by atoms with Crippen LogP contribution < -0.4 is 5.32 Å². The molecule has 0 fully saturated rings. The van der Waals surface area contributed by atoms with E-state index in [1.807, 2.05) is 0 Å². The van der Waals surface area contributed by atoms with Gasteiger partial charge in [0.05, 0.1) is 5.69 Å². The van der Waals surface area contributed by atoms with E-state index in [0.29, 0.717) is 10.6 Å². The van der Waals surface area contributed by atoms with E-state index in [1.54, 1.807) is 0 Å². The molecule has 0 aliphatic rings. The molecular formula is C15H10ClF2NO. The minimum absolute atomic E-state index is 0.206. The molecule has 0 saturated carbocycles. The number of anilines is 1. The molecule has 0 saturated heterocycles. The van der Waals surface area contributed by atoms with Gasteiger partial charge in [0.25, 0.3) is 0 Å². The highest BCUT2D eigenvalue weighted by atomic mass is 35.5. The molecule has 2 rings (SSSR count). The number of nitrogens with one attached hydrogen (secondary N) is 1. The van der Waals surface area contributed by atoms with Crippen LogP contribution in [0.15, 0.2) is 54.7 Å². The summed E-state index contributed by atoms with van der Waals surface area (Å²) >= 11 is 5.62. The Balaban J connectivity index is 2.02. The number of carbonyl (C=O) groups excluding carboxylic acids is 1. The highest BCUT2D eigenvalue weighted by molar-refractivity contribution is 6.30. The maximum atomic E-state index is 13.4. The van der Waals surface area contributed by atoms with Gasteiger partial charge in [-0.3, -0.25) is 4.79 Å². The normalized spacial score (nSPS) is 10.8. The van der Waals surface area contributed by atoms with Gasteiger partial charge in [-0.25, -0.2) is 8.78 Å². The minimum Gasteiger partial charge on any atom is -0.359 e. The third-order valence-corrected chi connectivity index (χ3v) is 2.77. The van der Waals surface area contributed by atoms with Crippen molar-refractivity contribution >= 4 is 23.1 Å². The monoisotopic (exact) mass is 293 g/mol. The molecule has 102 valence electrons. The smallest absolute Gasteiger partial charge is 0.187 e. The topological polar surface area (TPSA) is 29.1 Å². The molecule has 0 atom stereocenters. The predicted octanol–water partition coefficient (Wildman–Crippen LogP) is 4.43. The molecule has 0 radical (unpaired) electrons. The van der Waals surface area contributed by atoms with E-state index < -0.39 is 11.6 Å².